The Kier molecular flexibility index (Phi) is 3.44. The number of hydrogen-bond acceptors (Lipinski definition) is 3. The maximum absolute atomic E-state index is 9.21. The van der Waals surface area contributed by atoms with Crippen LogP contribution in [0.1, 0.15) is 31.4 Å². The third kappa shape index (κ3) is 2.37. The lowest BCUT2D eigenvalue weighted by molar-refractivity contribution is 0.317. The number of rotatable bonds is 2. The van der Waals surface area contributed by atoms with E-state index in [1.165, 1.54) is 22.4 Å². The van der Waals surface area contributed by atoms with Crippen LogP contribution < -0.4 is 4.90 Å². The minimum atomic E-state index is 0.00602. The van der Waals surface area contributed by atoms with Crippen molar-refractivity contribution < 1.29 is 5.21 Å². The van der Waals surface area contributed by atoms with Gasteiger partial charge in [0.25, 0.3) is 0 Å². The van der Waals surface area contributed by atoms with E-state index in [0.717, 1.165) is 17.7 Å². The minimum absolute atomic E-state index is 0.00602. The van der Waals surface area contributed by atoms with Crippen LogP contribution in [0.25, 0.3) is 11.1 Å². The molecule has 0 saturated carbocycles. The first kappa shape index (κ1) is 14.6. The highest BCUT2D eigenvalue weighted by Crippen LogP contribution is 2.40. The Labute approximate surface area is 131 Å². The normalized spacial score (nSPS) is 17.5. The Morgan fingerprint density at radius 2 is 1.77 bits per heavy atom. The molecule has 22 heavy (non-hydrogen) atoms. The van der Waals surface area contributed by atoms with E-state index < -0.39 is 0 Å². The van der Waals surface area contributed by atoms with Crippen molar-refractivity contribution >= 4 is 11.4 Å². The Hall–Kier alpha value is -2.29. The van der Waals surface area contributed by atoms with Gasteiger partial charge in [-0.2, -0.15) is 0 Å². The lowest BCUT2D eigenvalue weighted by Gasteiger charge is -2.19. The average Bonchev–Trinajstić information content (AvgIpc) is 2.78. The SMILES string of the molecule is CN(C)c1cccc(-c2ccc3c(c2)C(C)(C)CC3=NO)c1. The first-order valence-corrected chi connectivity index (χ1v) is 7.56. The van der Waals surface area contributed by atoms with Crippen LogP contribution >= 0.6 is 0 Å². The summed E-state index contributed by atoms with van der Waals surface area (Å²) in [5, 5.41) is 12.7. The molecule has 3 rings (SSSR count). The smallest absolute Gasteiger partial charge is 0.0879 e. The zero-order chi connectivity index (χ0) is 15.9. The third-order valence-electron chi connectivity index (χ3n) is 4.49. The predicted molar refractivity (Wildman–Crippen MR) is 92.2 cm³/mol. The van der Waals surface area contributed by atoms with Crippen LogP contribution in [0.5, 0.6) is 0 Å². The molecule has 2 aromatic rings. The highest BCUT2D eigenvalue weighted by molar-refractivity contribution is 6.06. The molecule has 0 radical (unpaired) electrons. The van der Waals surface area contributed by atoms with Gasteiger partial charge in [-0.1, -0.05) is 43.3 Å². The topological polar surface area (TPSA) is 35.8 Å². The summed E-state index contributed by atoms with van der Waals surface area (Å²) in [4.78, 5) is 2.11. The van der Waals surface area contributed by atoms with Gasteiger partial charge in [0.2, 0.25) is 0 Å². The molecule has 2 aromatic carbocycles. The second-order valence-electron chi connectivity index (χ2n) is 6.81. The Bertz CT molecular complexity index is 745. The summed E-state index contributed by atoms with van der Waals surface area (Å²) in [6.07, 6.45) is 0.778. The van der Waals surface area contributed by atoms with Crippen LogP contribution in [0.4, 0.5) is 5.69 Å². The van der Waals surface area contributed by atoms with Crippen LogP contribution in [0.2, 0.25) is 0 Å². The van der Waals surface area contributed by atoms with Crippen molar-refractivity contribution in [2.45, 2.75) is 25.7 Å². The molecule has 0 saturated heterocycles. The van der Waals surface area contributed by atoms with E-state index >= 15 is 0 Å². The second-order valence-corrected chi connectivity index (χ2v) is 6.81. The van der Waals surface area contributed by atoms with E-state index in [0.29, 0.717) is 0 Å². The summed E-state index contributed by atoms with van der Waals surface area (Å²) < 4.78 is 0. The fourth-order valence-electron chi connectivity index (χ4n) is 3.20. The fraction of sp³-hybridized carbons (Fsp3) is 0.316. The Morgan fingerprint density at radius 3 is 2.45 bits per heavy atom. The highest BCUT2D eigenvalue weighted by atomic mass is 16.4. The van der Waals surface area contributed by atoms with Gasteiger partial charge < -0.3 is 10.1 Å². The van der Waals surface area contributed by atoms with Crippen molar-refractivity contribution in [3.05, 3.63) is 53.6 Å². The van der Waals surface area contributed by atoms with Gasteiger partial charge >= 0.3 is 0 Å². The van der Waals surface area contributed by atoms with Gasteiger partial charge in [-0.05, 0) is 40.3 Å². The molecule has 3 heteroatoms. The van der Waals surface area contributed by atoms with Gasteiger partial charge in [0.05, 0.1) is 5.71 Å². The van der Waals surface area contributed by atoms with Crippen LogP contribution in [0.3, 0.4) is 0 Å². The molecule has 0 amide bonds. The van der Waals surface area contributed by atoms with Crippen LogP contribution in [-0.2, 0) is 5.41 Å². The van der Waals surface area contributed by atoms with E-state index in [2.05, 4.69) is 80.5 Å². The Morgan fingerprint density at radius 1 is 1.05 bits per heavy atom. The number of fused-ring (bicyclic) bond motifs is 1. The number of hydrogen-bond donors (Lipinski definition) is 1. The van der Waals surface area contributed by atoms with E-state index in [-0.39, 0.29) is 5.41 Å². The van der Waals surface area contributed by atoms with Crippen molar-refractivity contribution in [3.8, 4) is 11.1 Å². The zero-order valence-electron chi connectivity index (χ0n) is 13.6. The van der Waals surface area contributed by atoms with Crippen molar-refractivity contribution in [1.29, 1.82) is 0 Å². The quantitative estimate of drug-likeness (QED) is 0.663. The van der Waals surface area contributed by atoms with Crippen LogP contribution in [0, 0.1) is 0 Å². The zero-order valence-corrected chi connectivity index (χ0v) is 13.6. The molecule has 1 aliphatic rings. The lowest BCUT2D eigenvalue weighted by atomic mass is 9.85. The lowest BCUT2D eigenvalue weighted by Crippen LogP contribution is -2.12. The molecule has 0 heterocycles. The van der Waals surface area contributed by atoms with Gasteiger partial charge in [0.15, 0.2) is 0 Å². The number of oxime groups is 1. The van der Waals surface area contributed by atoms with Gasteiger partial charge in [0, 0.05) is 31.8 Å². The van der Waals surface area contributed by atoms with Crippen LogP contribution in [-0.4, -0.2) is 25.0 Å². The molecular weight excluding hydrogens is 272 g/mol. The van der Waals surface area contributed by atoms with Gasteiger partial charge in [0.1, 0.15) is 0 Å². The highest BCUT2D eigenvalue weighted by Gasteiger charge is 2.34. The predicted octanol–water partition coefficient (Wildman–Crippen LogP) is 4.28. The van der Waals surface area contributed by atoms with Crippen molar-refractivity contribution in [2.75, 3.05) is 19.0 Å². The molecular formula is C19H22N2O. The number of anilines is 1. The largest absolute Gasteiger partial charge is 0.411 e. The van der Waals surface area contributed by atoms with Gasteiger partial charge in [-0.15, -0.1) is 0 Å². The standard InChI is InChI=1S/C19H22N2O/c1-19(2)12-18(20-22)16-9-8-14(11-17(16)19)13-6-5-7-15(10-13)21(3)4/h5-11,22H,12H2,1-4H3. The van der Waals surface area contributed by atoms with E-state index in [1.807, 2.05) is 0 Å². The summed E-state index contributed by atoms with van der Waals surface area (Å²) in [5.41, 5.74) is 6.72. The van der Waals surface area contributed by atoms with Crippen molar-refractivity contribution in [3.63, 3.8) is 0 Å². The molecule has 1 N–H and O–H groups in total. The van der Waals surface area contributed by atoms with E-state index in [4.69, 9.17) is 0 Å². The summed E-state index contributed by atoms with van der Waals surface area (Å²) in [6.45, 7) is 4.40. The molecule has 0 aromatic heterocycles. The van der Waals surface area contributed by atoms with E-state index in [9.17, 15) is 5.21 Å². The number of nitrogens with zero attached hydrogens (tertiary/aromatic N) is 2. The maximum Gasteiger partial charge on any atom is 0.0879 e. The molecule has 3 nitrogen and oxygen atoms in total. The molecule has 114 valence electrons. The molecule has 0 spiro atoms. The molecule has 1 aliphatic carbocycles. The monoisotopic (exact) mass is 294 g/mol. The first-order chi connectivity index (χ1) is 10.4. The fourth-order valence-corrected chi connectivity index (χ4v) is 3.20. The summed E-state index contributed by atoms with van der Waals surface area (Å²) in [6, 6.07) is 15.0. The third-order valence-corrected chi connectivity index (χ3v) is 4.49. The van der Waals surface area contributed by atoms with E-state index in [1.54, 1.807) is 0 Å². The van der Waals surface area contributed by atoms with Crippen molar-refractivity contribution in [1.82, 2.24) is 0 Å². The average molecular weight is 294 g/mol. The second kappa shape index (κ2) is 5.16. The van der Waals surface area contributed by atoms with Crippen LogP contribution in [0.15, 0.2) is 47.6 Å². The molecule has 0 fully saturated rings. The first-order valence-electron chi connectivity index (χ1n) is 7.56. The van der Waals surface area contributed by atoms with Gasteiger partial charge in [-0.25, -0.2) is 0 Å². The molecule has 0 unspecified atom stereocenters. The maximum atomic E-state index is 9.21. The summed E-state index contributed by atoms with van der Waals surface area (Å²) in [5.74, 6) is 0. The van der Waals surface area contributed by atoms with Gasteiger partial charge in [-0.3, -0.25) is 0 Å². The van der Waals surface area contributed by atoms with Crippen molar-refractivity contribution in [2.24, 2.45) is 5.16 Å². The molecule has 0 aliphatic heterocycles. The number of benzene rings is 2. The minimum Gasteiger partial charge on any atom is -0.411 e. The molecule has 0 bridgehead atoms. The summed E-state index contributed by atoms with van der Waals surface area (Å²) >= 11 is 0. The summed E-state index contributed by atoms with van der Waals surface area (Å²) in [7, 11) is 4.10. The molecule has 0 atom stereocenters. The Balaban J connectivity index is 2.10.